The van der Waals surface area contributed by atoms with Crippen LogP contribution >= 0.6 is 0 Å². The second-order valence-corrected chi connectivity index (χ2v) is 7.23. The Morgan fingerprint density at radius 3 is 2.37 bits per heavy atom. The van der Waals surface area contributed by atoms with Gasteiger partial charge in [-0.1, -0.05) is 36.4 Å². The molecular formula is C25H23NO4. The molecule has 1 aromatic heterocycles. The van der Waals surface area contributed by atoms with Crippen LogP contribution in [0.4, 0.5) is 0 Å². The van der Waals surface area contributed by atoms with Gasteiger partial charge >= 0.3 is 5.97 Å². The van der Waals surface area contributed by atoms with Crippen molar-refractivity contribution in [1.82, 2.24) is 4.98 Å². The van der Waals surface area contributed by atoms with Crippen LogP contribution in [0.1, 0.15) is 21.5 Å². The maximum absolute atomic E-state index is 11.2. The highest BCUT2D eigenvalue weighted by Crippen LogP contribution is 2.29. The average molecular weight is 401 g/mol. The van der Waals surface area contributed by atoms with Crippen molar-refractivity contribution in [2.45, 2.75) is 13.8 Å². The Balaban J connectivity index is 1.48. The van der Waals surface area contributed by atoms with Gasteiger partial charge in [0.15, 0.2) is 0 Å². The number of benzene rings is 3. The van der Waals surface area contributed by atoms with Gasteiger partial charge in [0.25, 0.3) is 0 Å². The summed E-state index contributed by atoms with van der Waals surface area (Å²) in [5, 5.41) is 10.1. The molecule has 0 radical (unpaired) electrons. The first-order chi connectivity index (χ1) is 14.5. The lowest BCUT2D eigenvalue weighted by molar-refractivity contribution is 0.0697. The van der Waals surface area contributed by atoms with E-state index in [1.54, 1.807) is 12.1 Å². The molecule has 1 heterocycles. The Hall–Kier alpha value is -3.73. The van der Waals surface area contributed by atoms with Crippen molar-refractivity contribution in [3.63, 3.8) is 0 Å². The lowest BCUT2D eigenvalue weighted by Crippen LogP contribution is -2.10. The van der Waals surface area contributed by atoms with Crippen LogP contribution in [0.3, 0.4) is 0 Å². The number of para-hydroxylation sites is 1. The highest BCUT2D eigenvalue weighted by molar-refractivity contribution is 5.95. The predicted octanol–water partition coefficient (Wildman–Crippen LogP) is 5.61. The van der Waals surface area contributed by atoms with E-state index in [0.717, 1.165) is 44.8 Å². The Kier molecular flexibility index (Phi) is 5.44. The van der Waals surface area contributed by atoms with E-state index < -0.39 is 5.97 Å². The van der Waals surface area contributed by atoms with Crippen molar-refractivity contribution >= 4 is 16.9 Å². The number of aromatic nitrogens is 1. The van der Waals surface area contributed by atoms with E-state index >= 15 is 0 Å². The largest absolute Gasteiger partial charge is 0.490 e. The molecule has 0 saturated heterocycles. The average Bonchev–Trinajstić information content (AvgIpc) is 3.17. The third-order valence-corrected chi connectivity index (χ3v) is 5.06. The van der Waals surface area contributed by atoms with Crippen molar-refractivity contribution in [2.24, 2.45) is 0 Å². The maximum Gasteiger partial charge on any atom is 0.335 e. The summed E-state index contributed by atoms with van der Waals surface area (Å²) in [6.07, 6.45) is 0. The fourth-order valence-electron chi connectivity index (χ4n) is 3.36. The predicted molar refractivity (Wildman–Crippen MR) is 118 cm³/mol. The molecule has 0 fully saturated rings. The van der Waals surface area contributed by atoms with Gasteiger partial charge in [-0.3, -0.25) is 0 Å². The molecule has 0 spiro atoms. The first-order valence-electron chi connectivity index (χ1n) is 9.79. The summed E-state index contributed by atoms with van der Waals surface area (Å²) >= 11 is 0. The van der Waals surface area contributed by atoms with Crippen molar-refractivity contribution in [1.29, 1.82) is 0 Å². The molecule has 0 bridgehead atoms. The summed E-state index contributed by atoms with van der Waals surface area (Å²) in [6, 6.07) is 21.0. The number of aromatic carboxylic acids is 1. The zero-order valence-electron chi connectivity index (χ0n) is 16.9. The number of ether oxygens (including phenoxy) is 2. The van der Waals surface area contributed by atoms with Crippen LogP contribution in [0, 0.1) is 13.8 Å². The Labute approximate surface area is 174 Å². The Morgan fingerprint density at radius 2 is 1.60 bits per heavy atom. The van der Waals surface area contributed by atoms with Gasteiger partial charge in [0.2, 0.25) is 0 Å². The second-order valence-electron chi connectivity index (χ2n) is 7.23. The zero-order chi connectivity index (χ0) is 21.1. The molecule has 30 heavy (non-hydrogen) atoms. The highest BCUT2D eigenvalue weighted by atomic mass is 16.5. The van der Waals surface area contributed by atoms with Crippen LogP contribution in [0.2, 0.25) is 0 Å². The van der Waals surface area contributed by atoms with E-state index in [1.165, 1.54) is 0 Å². The summed E-state index contributed by atoms with van der Waals surface area (Å²) in [5.74, 6) is 0.725. The number of fused-ring (bicyclic) bond motifs is 1. The standard InChI is InChI=1S/C25H23NO4/c1-16-5-3-4-6-23(16)29-11-12-30-24-15-19(8-7-17(24)2)21-13-18-9-10-20(25(27)28)14-22(18)26-21/h3-10,13-15,26H,11-12H2,1-2H3,(H,27,28). The fraction of sp³-hybridized carbons (Fsp3) is 0.160. The van der Waals surface area contributed by atoms with Crippen LogP contribution in [-0.4, -0.2) is 29.3 Å². The number of hydrogen-bond donors (Lipinski definition) is 2. The van der Waals surface area contributed by atoms with Crippen LogP contribution in [0.5, 0.6) is 11.5 Å². The fourth-order valence-corrected chi connectivity index (χ4v) is 3.36. The third kappa shape index (κ3) is 4.15. The smallest absolute Gasteiger partial charge is 0.335 e. The number of aryl methyl sites for hydroxylation is 2. The minimum Gasteiger partial charge on any atom is -0.490 e. The third-order valence-electron chi connectivity index (χ3n) is 5.06. The van der Waals surface area contributed by atoms with Gasteiger partial charge in [-0.15, -0.1) is 0 Å². The molecule has 5 nitrogen and oxygen atoms in total. The lowest BCUT2D eigenvalue weighted by Gasteiger charge is -2.12. The van der Waals surface area contributed by atoms with Gasteiger partial charge in [0, 0.05) is 22.2 Å². The molecule has 2 N–H and O–H groups in total. The summed E-state index contributed by atoms with van der Waals surface area (Å²) < 4.78 is 11.8. The van der Waals surface area contributed by atoms with E-state index in [4.69, 9.17) is 9.47 Å². The topological polar surface area (TPSA) is 71.6 Å². The lowest BCUT2D eigenvalue weighted by atomic mass is 10.1. The number of carboxylic acid groups (broad SMARTS) is 1. The number of aromatic amines is 1. The SMILES string of the molecule is Cc1ccccc1OCCOc1cc(-c2cc3ccc(C(=O)O)cc3[nH]2)ccc1C. The van der Waals surface area contributed by atoms with Crippen molar-refractivity contribution in [2.75, 3.05) is 13.2 Å². The molecule has 0 aliphatic rings. The monoisotopic (exact) mass is 401 g/mol. The van der Waals surface area contributed by atoms with Gasteiger partial charge in [-0.05, 0) is 55.3 Å². The van der Waals surface area contributed by atoms with E-state index in [9.17, 15) is 9.90 Å². The molecule has 4 rings (SSSR count). The summed E-state index contributed by atoms with van der Waals surface area (Å²) in [4.78, 5) is 14.5. The molecule has 4 aromatic rings. The van der Waals surface area contributed by atoms with E-state index in [-0.39, 0.29) is 5.56 Å². The maximum atomic E-state index is 11.2. The molecule has 0 aliphatic heterocycles. The number of nitrogens with one attached hydrogen (secondary N) is 1. The van der Waals surface area contributed by atoms with Crippen molar-refractivity contribution in [3.8, 4) is 22.8 Å². The summed E-state index contributed by atoms with van der Waals surface area (Å²) in [5.41, 5.74) is 5.08. The van der Waals surface area contributed by atoms with Gasteiger partial charge < -0.3 is 19.6 Å². The number of carboxylic acids is 1. The molecular weight excluding hydrogens is 378 g/mol. The molecule has 5 heteroatoms. The second kappa shape index (κ2) is 8.33. The van der Waals surface area contributed by atoms with Gasteiger partial charge in [-0.2, -0.15) is 0 Å². The molecule has 152 valence electrons. The number of rotatable bonds is 7. The molecule has 0 amide bonds. The van der Waals surface area contributed by atoms with Gasteiger partial charge in [0.1, 0.15) is 24.7 Å². The summed E-state index contributed by atoms with van der Waals surface area (Å²) in [6.45, 7) is 4.92. The van der Waals surface area contributed by atoms with Crippen LogP contribution in [0.15, 0.2) is 66.7 Å². The minimum absolute atomic E-state index is 0.262. The Bertz CT molecular complexity index is 1210. The van der Waals surface area contributed by atoms with Crippen LogP contribution < -0.4 is 9.47 Å². The zero-order valence-corrected chi connectivity index (χ0v) is 16.9. The van der Waals surface area contributed by atoms with Crippen molar-refractivity contribution < 1.29 is 19.4 Å². The number of hydrogen-bond acceptors (Lipinski definition) is 3. The van der Waals surface area contributed by atoms with Gasteiger partial charge in [0.05, 0.1) is 5.56 Å². The summed E-state index contributed by atoms with van der Waals surface area (Å²) in [7, 11) is 0. The number of carbonyl (C=O) groups is 1. The van der Waals surface area contributed by atoms with Gasteiger partial charge in [-0.25, -0.2) is 4.79 Å². The minimum atomic E-state index is -0.938. The first-order valence-corrected chi connectivity index (χ1v) is 9.79. The van der Waals surface area contributed by atoms with Crippen LogP contribution in [-0.2, 0) is 0 Å². The molecule has 0 atom stereocenters. The van der Waals surface area contributed by atoms with E-state index in [2.05, 4.69) is 4.98 Å². The number of H-pyrrole nitrogens is 1. The Morgan fingerprint density at radius 1 is 0.867 bits per heavy atom. The molecule has 0 saturated carbocycles. The normalized spacial score (nSPS) is 10.9. The van der Waals surface area contributed by atoms with E-state index in [1.807, 2.05) is 68.4 Å². The highest BCUT2D eigenvalue weighted by Gasteiger charge is 2.10. The quantitative estimate of drug-likeness (QED) is 0.395. The molecule has 0 aliphatic carbocycles. The van der Waals surface area contributed by atoms with Crippen molar-refractivity contribution in [3.05, 3.63) is 83.4 Å². The van der Waals surface area contributed by atoms with E-state index in [0.29, 0.717) is 13.2 Å². The van der Waals surface area contributed by atoms with Crippen LogP contribution in [0.25, 0.3) is 22.2 Å². The molecule has 0 unspecified atom stereocenters. The first kappa shape index (κ1) is 19.6. The molecule has 3 aromatic carbocycles.